The van der Waals surface area contributed by atoms with E-state index in [1.807, 2.05) is 30.3 Å². The summed E-state index contributed by atoms with van der Waals surface area (Å²) < 4.78 is 5.39. The molecule has 1 aromatic carbocycles. The average molecular weight is 351 g/mol. The van der Waals surface area contributed by atoms with Crippen LogP contribution in [0.4, 0.5) is 11.4 Å². The van der Waals surface area contributed by atoms with Crippen molar-refractivity contribution in [3.05, 3.63) is 47.3 Å². The minimum Gasteiger partial charge on any atom is -0.495 e. The van der Waals surface area contributed by atoms with E-state index in [0.29, 0.717) is 35.7 Å². The first-order valence-corrected chi connectivity index (χ1v) is 8.78. The highest BCUT2D eigenvalue weighted by molar-refractivity contribution is 6.03. The number of ketones is 1. The second-order valence-electron chi connectivity index (χ2n) is 6.89. The Labute approximate surface area is 152 Å². The number of aromatic nitrogens is 1. The third-order valence-electron chi connectivity index (χ3n) is 4.86. The van der Waals surface area contributed by atoms with Gasteiger partial charge in [0.2, 0.25) is 0 Å². The fraction of sp³-hybridized carbons (Fsp3) is 0.350. The Morgan fingerprint density at radius 1 is 1.31 bits per heavy atom. The van der Waals surface area contributed by atoms with E-state index >= 15 is 0 Å². The smallest absolute Gasteiger partial charge is 0.257 e. The molecule has 0 spiro atoms. The maximum absolute atomic E-state index is 12.6. The molecule has 1 fully saturated rings. The Morgan fingerprint density at radius 3 is 2.81 bits per heavy atom. The van der Waals surface area contributed by atoms with Crippen molar-refractivity contribution in [2.45, 2.75) is 25.8 Å². The van der Waals surface area contributed by atoms with Gasteiger partial charge in [-0.25, -0.2) is 0 Å². The van der Waals surface area contributed by atoms with E-state index in [-0.39, 0.29) is 17.6 Å². The molecule has 0 saturated heterocycles. The zero-order valence-corrected chi connectivity index (χ0v) is 14.9. The van der Waals surface area contributed by atoms with Gasteiger partial charge in [-0.2, -0.15) is 0 Å². The topological polar surface area (TPSA) is 71.5 Å². The van der Waals surface area contributed by atoms with E-state index in [0.717, 1.165) is 24.2 Å². The largest absolute Gasteiger partial charge is 0.495 e. The van der Waals surface area contributed by atoms with Crippen LogP contribution in [0.3, 0.4) is 0 Å². The maximum Gasteiger partial charge on any atom is 0.257 e. The molecule has 1 amide bonds. The third-order valence-corrected chi connectivity index (χ3v) is 4.86. The lowest BCUT2D eigenvalue weighted by molar-refractivity contribution is -0.119. The van der Waals surface area contributed by atoms with Gasteiger partial charge < -0.3 is 15.0 Å². The molecule has 6 heteroatoms. The summed E-state index contributed by atoms with van der Waals surface area (Å²) in [5.41, 5.74) is 3.44. The number of nitrogens with zero attached hydrogens (tertiary/aromatic N) is 2. The Morgan fingerprint density at radius 2 is 2.08 bits per heavy atom. The summed E-state index contributed by atoms with van der Waals surface area (Å²) in [6, 6.07) is 9.36. The quantitative estimate of drug-likeness (QED) is 0.866. The number of ether oxygens (including phenoxy) is 1. The van der Waals surface area contributed by atoms with Gasteiger partial charge in [0.1, 0.15) is 11.5 Å². The van der Waals surface area contributed by atoms with E-state index in [2.05, 4.69) is 10.3 Å². The van der Waals surface area contributed by atoms with Gasteiger partial charge in [-0.05, 0) is 31.0 Å². The van der Waals surface area contributed by atoms with Crippen molar-refractivity contribution in [2.24, 2.45) is 5.92 Å². The van der Waals surface area contributed by atoms with Gasteiger partial charge in [0.05, 0.1) is 42.0 Å². The van der Waals surface area contributed by atoms with Gasteiger partial charge >= 0.3 is 0 Å². The Bertz CT molecular complexity index is 890. The predicted octanol–water partition coefficient (Wildman–Crippen LogP) is 2.94. The number of carbonyl (C=O) groups excluding carboxylic acids is 2. The molecule has 0 radical (unpaired) electrons. The van der Waals surface area contributed by atoms with Crippen molar-refractivity contribution in [1.82, 2.24) is 9.88 Å². The van der Waals surface area contributed by atoms with E-state index in [4.69, 9.17) is 4.74 Å². The summed E-state index contributed by atoms with van der Waals surface area (Å²) >= 11 is 0. The van der Waals surface area contributed by atoms with Gasteiger partial charge in [-0.15, -0.1) is 0 Å². The fourth-order valence-corrected chi connectivity index (χ4v) is 3.31. The van der Waals surface area contributed by atoms with E-state index in [9.17, 15) is 9.59 Å². The minimum atomic E-state index is -0.0648. The number of Topliss-reactive ketones (excluding diaryl/α,β-unsaturated/α-hetero) is 1. The van der Waals surface area contributed by atoms with E-state index in [1.54, 1.807) is 19.1 Å². The van der Waals surface area contributed by atoms with Gasteiger partial charge in [0.25, 0.3) is 5.91 Å². The number of hydrogen-bond donors (Lipinski definition) is 1. The van der Waals surface area contributed by atoms with Crippen molar-refractivity contribution in [1.29, 1.82) is 0 Å². The summed E-state index contributed by atoms with van der Waals surface area (Å²) in [7, 11) is 3.36. The number of para-hydroxylation sites is 2. The van der Waals surface area contributed by atoms with Crippen molar-refractivity contribution < 1.29 is 14.3 Å². The summed E-state index contributed by atoms with van der Waals surface area (Å²) in [6.45, 7) is 0.459. The molecular weight excluding hydrogens is 330 g/mol. The molecule has 2 aromatic rings. The molecule has 6 nitrogen and oxygen atoms in total. The van der Waals surface area contributed by atoms with Crippen LogP contribution in [0.25, 0.3) is 0 Å². The lowest BCUT2D eigenvalue weighted by atomic mass is 10.1. The van der Waals surface area contributed by atoms with Crippen LogP contribution in [0.1, 0.15) is 34.6 Å². The van der Waals surface area contributed by atoms with Gasteiger partial charge in [-0.1, -0.05) is 12.1 Å². The summed E-state index contributed by atoms with van der Waals surface area (Å²) in [4.78, 5) is 31.0. The highest BCUT2D eigenvalue weighted by Gasteiger charge is 2.32. The van der Waals surface area contributed by atoms with Crippen molar-refractivity contribution in [3.8, 4) is 5.75 Å². The molecule has 2 heterocycles. The van der Waals surface area contributed by atoms with Crippen LogP contribution in [-0.4, -0.2) is 35.7 Å². The summed E-state index contributed by atoms with van der Waals surface area (Å²) in [6.07, 6.45) is 2.28. The number of benzene rings is 1. The van der Waals surface area contributed by atoms with Gasteiger partial charge in [0, 0.05) is 19.4 Å². The van der Waals surface area contributed by atoms with E-state index < -0.39 is 0 Å². The summed E-state index contributed by atoms with van der Waals surface area (Å²) in [5.74, 6) is 1.05. The number of fused-ring (bicyclic) bond motifs is 1. The van der Waals surface area contributed by atoms with Crippen LogP contribution < -0.4 is 10.1 Å². The molecule has 1 aliphatic heterocycles. The molecule has 1 aliphatic carbocycles. The molecule has 1 aromatic heterocycles. The molecular formula is C20H21N3O3. The predicted molar refractivity (Wildman–Crippen MR) is 97.7 cm³/mol. The molecule has 1 saturated carbocycles. The van der Waals surface area contributed by atoms with Crippen LogP contribution in [0.5, 0.6) is 5.75 Å². The number of amides is 1. The number of pyridine rings is 1. The second-order valence-corrected chi connectivity index (χ2v) is 6.89. The molecule has 1 N–H and O–H groups in total. The summed E-state index contributed by atoms with van der Waals surface area (Å²) in [5, 5.41) is 3.31. The highest BCUT2D eigenvalue weighted by atomic mass is 16.5. The third kappa shape index (κ3) is 3.03. The second kappa shape index (κ2) is 6.44. The lowest BCUT2D eigenvalue weighted by Crippen LogP contribution is -2.18. The van der Waals surface area contributed by atoms with Gasteiger partial charge in [-0.3, -0.25) is 14.6 Å². The van der Waals surface area contributed by atoms with Crippen LogP contribution in [0.2, 0.25) is 0 Å². The van der Waals surface area contributed by atoms with Crippen molar-refractivity contribution in [2.75, 3.05) is 19.5 Å². The minimum absolute atomic E-state index is 0.0648. The number of methoxy groups -OCH3 is 1. The number of nitrogens with one attached hydrogen (secondary N) is 1. The zero-order valence-electron chi connectivity index (χ0n) is 14.9. The zero-order chi connectivity index (χ0) is 18.3. The molecule has 0 atom stereocenters. The first-order valence-electron chi connectivity index (χ1n) is 8.78. The van der Waals surface area contributed by atoms with Crippen LogP contribution in [-0.2, 0) is 17.8 Å². The molecule has 0 unspecified atom stereocenters. The molecule has 0 bridgehead atoms. The van der Waals surface area contributed by atoms with Crippen LogP contribution in [0.15, 0.2) is 30.3 Å². The normalized spacial score (nSPS) is 15.8. The number of anilines is 2. The lowest BCUT2D eigenvalue weighted by Gasteiger charge is -2.14. The number of hydrogen-bond acceptors (Lipinski definition) is 5. The average Bonchev–Trinajstić information content (AvgIpc) is 3.43. The van der Waals surface area contributed by atoms with Crippen molar-refractivity contribution in [3.63, 3.8) is 0 Å². The maximum atomic E-state index is 12.6. The van der Waals surface area contributed by atoms with E-state index in [1.165, 1.54) is 0 Å². The molecule has 26 heavy (non-hydrogen) atoms. The monoisotopic (exact) mass is 351 g/mol. The number of carbonyl (C=O) groups is 2. The van der Waals surface area contributed by atoms with Crippen molar-refractivity contribution >= 4 is 23.1 Å². The fourth-order valence-electron chi connectivity index (χ4n) is 3.31. The number of rotatable bonds is 6. The highest BCUT2D eigenvalue weighted by Crippen LogP contribution is 2.35. The Hall–Kier alpha value is -2.89. The standard InChI is InChI=1S/C20H21N3O3/c1-23-11-16-19(20(23)25)15(22-14-5-3-4-6-18(14)26-2)9-13(21-16)10-17(24)12-7-8-12/h3-6,9,12H,7-8,10-11H2,1-2H3,(H,21,22). The van der Waals surface area contributed by atoms with Gasteiger partial charge in [0.15, 0.2) is 0 Å². The first-order chi connectivity index (χ1) is 12.6. The molecule has 2 aliphatic rings. The van der Waals surface area contributed by atoms with Crippen LogP contribution in [0, 0.1) is 5.92 Å². The SMILES string of the molecule is COc1ccccc1Nc1cc(CC(=O)C2CC2)nc2c1C(=O)N(C)C2. The molecule has 4 rings (SSSR count). The van der Waals surface area contributed by atoms with Crippen LogP contribution >= 0.6 is 0 Å². The first kappa shape index (κ1) is 16.6. The molecule has 134 valence electrons. The Kier molecular flexibility index (Phi) is 4.11. The Balaban J connectivity index is 1.72.